The molecule has 1 saturated heterocycles. The van der Waals surface area contributed by atoms with Gasteiger partial charge in [0.05, 0.1) is 11.9 Å². The molecule has 0 bridgehead atoms. The van der Waals surface area contributed by atoms with Crippen LogP contribution in [0, 0.1) is 11.3 Å². The van der Waals surface area contributed by atoms with E-state index in [4.69, 9.17) is 5.26 Å². The van der Waals surface area contributed by atoms with Gasteiger partial charge in [-0.25, -0.2) is 4.98 Å². The molecule has 0 aliphatic carbocycles. The molecule has 0 amide bonds. The summed E-state index contributed by atoms with van der Waals surface area (Å²) in [5, 5.41) is 12.1. The van der Waals surface area contributed by atoms with Crippen LogP contribution in [0.5, 0.6) is 0 Å². The molecule has 2 heterocycles. The third-order valence-corrected chi connectivity index (χ3v) is 3.13. The minimum absolute atomic E-state index is 0.481. The van der Waals surface area contributed by atoms with Gasteiger partial charge in [-0.2, -0.15) is 5.26 Å². The molecule has 17 heavy (non-hydrogen) atoms. The fourth-order valence-electron chi connectivity index (χ4n) is 2.29. The van der Waals surface area contributed by atoms with Gasteiger partial charge in [-0.3, -0.25) is 0 Å². The van der Waals surface area contributed by atoms with Crippen LogP contribution in [0.1, 0.15) is 25.5 Å². The minimum Gasteiger partial charge on any atom is -0.366 e. The van der Waals surface area contributed by atoms with Gasteiger partial charge in [0.25, 0.3) is 0 Å². The first kappa shape index (κ1) is 11.9. The van der Waals surface area contributed by atoms with Gasteiger partial charge in [0.1, 0.15) is 11.8 Å². The zero-order valence-electron chi connectivity index (χ0n) is 10.2. The maximum Gasteiger partial charge on any atom is 0.140 e. The van der Waals surface area contributed by atoms with Crippen LogP contribution < -0.4 is 10.2 Å². The van der Waals surface area contributed by atoms with Crippen LogP contribution in [0.4, 0.5) is 5.69 Å². The molecule has 2 rings (SSSR count). The van der Waals surface area contributed by atoms with E-state index in [0.717, 1.165) is 31.7 Å². The Balaban J connectivity index is 2.16. The summed E-state index contributed by atoms with van der Waals surface area (Å²) in [7, 11) is 0. The molecule has 1 aromatic heterocycles. The van der Waals surface area contributed by atoms with Crippen molar-refractivity contribution in [3.63, 3.8) is 0 Å². The van der Waals surface area contributed by atoms with Crippen molar-refractivity contribution < 1.29 is 0 Å². The van der Waals surface area contributed by atoms with Crippen molar-refractivity contribution in [1.82, 2.24) is 10.3 Å². The summed E-state index contributed by atoms with van der Waals surface area (Å²) in [6.07, 6.45) is 4.11. The van der Waals surface area contributed by atoms with Gasteiger partial charge in [0.2, 0.25) is 0 Å². The smallest absolute Gasteiger partial charge is 0.140 e. The Kier molecular flexibility index (Phi) is 3.94. The summed E-state index contributed by atoms with van der Waals surface area (Å²) >= 11 is 0. The topological polar surface area (TPSA) is 52.0 Å². The van der Waals surface area contributed by atoms with Crippen molar-refractivity contribution in [3.8, 4) is 6.07 Å². The monoisotopic (exact) mass is 230 g/mol. The lowest BCUT2D eigenvalue weighted by Crippen LogP contribution is -2.37. The molecule has 0 radical (unpaired) electrons. The molecular formula is C13H18N4. The number of nitrogens with zero attached hydrogens (tertiary/aromatic N) is 3. The van der Waals surface area contributed by atoms with Crippen molar-refractivity contribution in [1.29, 1.82) is 5.26 Å². The minimum atomic E-state index is 0.481. The highest BCUT2D eigenvalue weighted by molar-refractivity contribution is 5.47. The average Bonchev–Trinajstić information content (AvgIpc) is 2.90. The fourth-order valence-corrected chi connectivity index (χ4v) is 2.29. The molecular weight excluding hydrogens is 212 g/mol. The SMILES string of the molecule is CCCN(c1ccc(C#N)nc1)C1CCNC1. The Morgan fingerprint density at radius 3 is 3.00 bits per heavy atom. The van der Waals surface area contributed by atoms with Gasteiger partial charge in [0, 0.05) is 19.1 Å². The van der Waals surface area contributed by atoms with Crippen LogP contribution in [0.25, 0.3) is 0 Å². The number of rotatable bonds is 4. The Bertz CT molecular complexity index is 387. The molecule has 0 saturated carbocycles. The van der Waals surface area contributed by atoms with E-state index >= 15 is 0 Å². The van der Waals surface area contributed by atoms with Crippen molar-refractivity contribution in [3.05, 3.63) is 24.0 Å². The zero-order valence-corrected chi connectivity index (χ0v) is 10.2. The van der Waals surface area contributed by atoms with E-state index in [1.54, 1.807) is 6.07 Å². The number of nitriles is 1. The van der Waals surface area contributed by atoms with E-state index < -0.39 is 0 Å². The fraction of sp³-hybridized carbons (Fsp3) is 0.538. The number of pyridine rings is 1. The standard InChI is InChI=1S/C13H18N4/c1-2-7-17(13-5-6-15-9-13)12-4-3-11(8-14)16-10-12/h3-4,10,13,15H,2,5-7,9H2,1H3. The molecule has 0 spiro atoms. The molecule has 1 aromatic rings. The maximum absolute atomic E-state index is 8.75. The lowest BCUT2D eigenvalue weighted by atomic mass is 10.2. The molecule has 4 nitrogen and oxygen atoms in total. The van der Waals surface area contributed by atoms with Crippen LogP contribution in [-0.2, 0) is 0 Å². The summed E-state index contributed by atoms with van der Waals surface area (Å²) < 4.78 is 0. The predicted octanol–water partition coefficient (Wildman–Crippen LogP) is 1.53. The number of nitrogens with one attached hydrogen (secondary N) is 1. The number of aromatic nitrogens is 1. The number of anilines is 1. The highest BCUT2D eigenvalue weighted by Gasteiger charge is 2.22. The molecule has 1 N–H and O–H groups in total. The first-order chi connectivity index (χ1) is 8.35. The second-order valence-electron chi connectivity index (χ2n) is 4.35. The number of hydrogen-bond donors (Lipinski definition) is 1. The first-order valence-electron chi connectivity index (χ1n) is 6.18. The highest BCUT2D eigenvalue weighted by Crippen LogP contribution is 2.19. The molecule has 1 aliphatic rings. The molecule has 1 fully saturated rings. The maximum atomic E-state index is 8.75. The van der Waals surface area contributed by atoms with Crippen LogP contribution in [-0.4, -0.2) is 30.7 Å². The highest BCUT2D eigenvalue weighted by atomic mass is 15.2. The van der Waals surface area contributed by atoms with Crippen molar-refractivity contribution in [2.45, 2.75) is 25.8 Å². The van der Waals surface area contributed by atoms with Crippen LogP contribution in [0.15, 0.2) is 18.3 Å². The average molecular weight is 230 g/mol. The van der Waals surface area contributed by atoms with Gasteiger partial charge in [-0.05, 0) is 31.5 Å². The molecule has 1 atom stereocenters. The van der Waals surface area contributed by atoms with Gasteiger partial charge in [-0.1, -0.05) is 6.92 Å². The Labute approximate surface area is 102 Å². The summed E-state index contributed by atoms with van der Waals surface area (Å²) in [4.78, 5) is 6.55. The van der Waals surface area contributed by atoms with E-state index in [2.05, 4.69) is 28.2 Å². The van der Waals surface area contributed by atoms with Crippen molar-refractivity contribution in [2.75, 3.05) is 24.5 Å². The number of hydrogen-bond acceptors (Lipinski definition) is 4. The third-order valence-electron chi connectivity index (χ3n) is 3.13. The molecule has 90 valence electrons. The van der Waals surface area contributed by atoms with Crippen molar-refractivity contribution >= 4 is 5.69 Å². The zero-order chi connectivity index (χ0) is 12.1. The third kappa shape index (κ3) is 2.75. The van der Waals surface area contributed by atoms with Crippen LogP contribution in [0.2, 0.25) is 0 Å². The Morgan fingerprint density at radius 2 is 2.47 bits per heavy atom. The quantitative estimate of drug-likeness (QED) is 0.852. The van der Waals surface area contributed by atoms with Gasteiger partial charge >= 0.3 is 0 Å². The van der Waals surface area contributed by atoms with Crippen molar-refractivity contribution in [2.24, 2.45) is 0 Å². The second kappa shape index (κ2) is 5.65. The molecule has 0 aromatic carbocycles. The Morgan fingerprint density at radius 1 is 1.59 bits per heavy atom. The first-order valence-corrected chi connectivity index (χ1v) is 6.18. The van der Waals surface area contributed by atoms with E-state index in [1.807, 2.05) is 12.3 Å². The van der Waals surface area contributed by atoms with Gasteiger partial charge in [0.15, 0.2) is 0 Å². The predicted molar refractivity (Wildman–Crippen MR) is 67.9 cm³/mol. The molecule has 4 heteroatoms. The van der Waals surface area contributed by atoms with Crippen LogP contribution >= 0.6 is 0 Å². The van der Waals surface area contributed by atoms with Gasteiger partial charge < -0.3 is 10.2 Å². The lowest BCUT2D eigenvalue weighted by molar-refractivity contribution is 0.624. The lowest BCUT2D eigenvalue weighted by Gasteiger charge is -2.30. The molecule has 1 unspecified atom stereocenters. The van der Waals surface area contributed by atoms with E-state index in [0.29, 0.717) is 11.7 Å². The van der Waals surface area contributed by atoms with E-state index in [9.17, 15) is 0 Å². The van der Waals surface area contributed by atoms with Gasteiger partial charge in [-0.15, -0.1) is 0 Å². The van der Waals surface area contributed by atoms with E-state index in [-0.39, 0.29) is 0 Å². The summed E-state index contributed by atoms with van der Waals surface area (Å²) in [6.45, 7) is 5.36. The second-order valence-corrected chi connectivity index (χ2v) is 4.35. The normalized spacial score (nSPS) is 18.9. The van der Waals surface area contributed by atoms with E-state index in [1.165, 1.54) is 6.42 Å². The summed E-state index contributed by atoms with van der Waals surface area (Å²) in [6, 6.07) is 6.40. The van der Waals surface area contributed by atoms with Crippen LogP contribution in [0.3, 0.4) is 0 Å². The summed E-state index contributed by atoms with van der Waals surface area (Å²) in [5.74, 6) is 0. The summed E-state index contributed by atoms with van der Waals surface area (Å²) in [5.41, 5.74) is 1.61. The Hall–Kier alpha value is -1.60. The largest absolute Gasteiger partial charge is 0.366 e. The molecule has 1 aliphatic heterocycles.